The third-order valence-electron chi connectivity index (χ3n) is 7.31. The molecule has 0 saturated carbocycles. The van der Waals surface area contributed by atoms with Gasteiger partial charge in [-0.25, -0.2) is 18.2 Å². The van der Waals surface area contributed by atoms with Crippen molar-refractivity contribution >= 4 is 11.8 Å². The zero-order valence-electron chi connectivity index (χ0n) is 21.8. The van der Waals surface area contributed by atoms with Crippen molar-refractivity contribution in [3.8, 4) is 17.0 Å². The number of hydrogen-bond acceptors (Lipinski definition) is 5. The van der Waals surface area contributed by atoms with Gasteiger partial charge in [0, 0.05) is 25.2 Å². The van der Waals surface area contributed by atoms with Gasteiger partial charge in [-0.1, -0.05) is 6.07 Å². The molecule has 1 aromatic heterocycles. The molecule has 0 aliphatic carbocycles. The molecule has 204 valence electrons. The van der Waals surface area contributed by atoms with Crippen molar-refractivity contribution in [2.24, 2.45) is 0 Å². The number of nitrogens with zero attached hydrogens (tertiary/aromatic N) is 3. The van der Waals surface area contributed by atoms with Crippen LogP contribution < -0.4 is 4.74 Å². The Balaban J connectivity index is 1.40. The van der Waals surface area contributed by atoms with Crippen LogP contribution in [0.3, 0.4) is 0 Å². The third-order valence-corrected chi connectivity index (χ3v) is 7.31. The summed E-state index contributed by atoms with van der Waals surface area (Å²) in [6.07, 6.45) is 0.230. The van der Waals surface area contributed by atoms with E-state index >= 15 is 0 Å². The molecular weight excluding hydrogens is 511 g/mol. The van der Waals surface area contributed by atoms with Gasteiger partial charge in [-0.3, -0.25) is 9.59 Å². The number of fused-ring (bicyclic) bond motifs is 1. The molecule has 0 unspecified atom stereocenters. The van der Waals surface area contributed by atoms with E-state index in [2.05, 4.69) is 4.98 Å². The molecule has 7 nitrogen and oxygen atoms in total. The Morgan fingerprint density at radius 2 is 1.67 bits per heavy atom. The number of likely N-dealkylation sites (tertiary alicyclic amines) is 1. The summed E-state index contributed by atoms with van der Waals surface area (Å²) in [5, 5.41) is 0. The lowest BCUT2D eigenvalue weighted by Crippen LogP contribution is -2.62. The summed E-state index contributed by atoms with van der Waals surface area (Å²) in [7, 11) is 1.59. The molecule has 2 saturated heterocycles. The van der Waals surface area contributed by atoms with Crippen LogP contribution in [0.4, 0.5) is 13.2 Å². The molecular formula is C29H28F3N3O4. The molecule has 0 N–H and O–H groups in total. The first kappa shape index (κ1) is 26.7. The number of halogens is 3. The quantitative estimate of drug-likeness (QED) is 0.487. The van der Waals surface area contributed by atoms with Crippen molar-refractivity contribution in [2.45, 2.75) is 32.4 Å². The van der Waals surface area contributed by atoms with Gasteiger partial charge < -0.3 is 19.3 Å². The predicted molar refractivity (Wildman–Crippen MR) is 137 cm³/mol. The van der Waals surface area contributed by atoms with Gasteiger partial charge in [0.1, 0.15) is 34.6 Å². The molecule has 3 aromatic rings. The summed E-state index contributed by atoms with van der Waals surface area (Å²) in [6.45, 7) is 4.99. The number of benzene rings is 2. The Kier molecular flexibility index (Phi) is 7.31. The summed E-state index contributed by atoms with van der Waals surface area (Å²) in [5.74, 6) is -2.89. The summed E-state index contributed by atoms with van der Waals surface area (Å²) in [5.41, 5.74) is 0.849. The van der Waals surface area contributed by atoms with Crippen molar-refractivity contribution in [2.75, 3.05) is 33.4 Å². The molecule has 39 heavy (non-hydrogen) atoms. The number of amides is 2. The van der Waals surface area contributed by atoms with Gasteiger partial charge in [-0.05, 0) is 67.8 Å². The summed E-state index contributed by atoms with van der Waals surface area (Å²) in [4.78, 5) is 34.3. The maximum Gasteiger partial charge on any atom is 0.272 e. The molecule has 3 heterocycles. The lowest BCUT2D eigenvalue weighted by molar-refractivity contribution is -0.0855. The number of morpholine rings is 1. The second-order valence-electron chi connectivity index (χ2n) is 9.78. The minimum Gasteiger partial charge on any atom is -0.496 e. The Hall–Kier alpha value is -3.92. The molecule has 2 amide bonds. The van der Waals surface area contributed by atoms with Crippen LogP contribution in [0.1, 0.15) is 38.4 Å². The van der Waals surface area contributed by atoms with Gasteiger partial charge in [0.15, 0.2) is 0 Å². The van der Waals surface area contributed by atoms with E-state index in [1.54, 1.807) is 24.1 Å². The van der Waals surface area contributed by atoms with E-state index in [-0.39, 0.29) is 24.2 Å². The number of aromatic nitrogens is 1. The zero-order chi connectivity index (χ0) is 27.8. The average Bonchev–Trinajstić information content (AvgIpc) is 2.92. The highest BCUT2D eigenvalue weighted by molar-refractivity contribution is 5.96. The highest BCUT2D eigenvalue weighted by atomic mass is 19.1. The van der Waals surface area contributed by atoms with E-state index in [0.29, 0.717) is 31.7 Å². The van der Waals surface area contributed by atoms with Gasteiger partial charge in [0.25, 0.3) is 11.8 Å². The van der Waals surface area contributed by atoms with Crippen molar-refractivity contribution in [1.82, 2.24) is 14.8 Å². The van der Waals surface area contributed by atoms with E-state index in [1.165, 1.54) is 17.0 Å². The molecule has 5 rings (SSSR count). The number of methoxy groups -OCH3 is 1. The van der Waals surface area contributed by atoms with Crippen LogP contribution in [-0.2, 0) is 4.74 Å². The fourth-order valence-electron chi connectivity index (χ4n) is 5.49. The molecule has 10 heteroatoms. The Labute approximate surface area is 224 Å². The van der Waals surface area contributed by atoms with Crippen LogP contribution >= 0.6 is 0 Å². The van der Waals surface area contributed by atoms with Crippen LogP contribution in [-0.4, -0.2) is 72.1 Å². The first-order chi connectivity index (χ1) is 18.7. The van der Waals surface area contributed by atoms with Crippen LogP contribution in [0.2, 0.25) is 0 Å². The monoisotopic (exact) mass is 539 g/mol. The Bertz CT molecular complexity index is 1400. The normalized spacial score (nSPS) is 19.0. The van der Waals surface area contributed by atoms with Crippen LogP contribution in [0.25, 0.3) is 11.3 Å². The minimum atomic E-state index is -0.982. The Morgan fingerprint density at radius 1 is 0.974 bits per heavy atom. The molecule has 0 bridgehead atoms. The van der Waals surface area contributed by atoms with Gasteiger partial charge in [-0.15, -0.1) is 0 Å². The zero-order valence-corrected chi connectivity index (χ0v) is 21.8. The molecule has 2 aromatic carbocycles. The number of pyridine rings is 1. The minimum absolute atomic E-state index is 0.150. The molecule has 0 spiro atoms. The van der Waals surface area contributed by atoms with Crippen LogP contribution in [0.15, 0.2) is 42.5 Å². The summed E-state index contributed by atoms with van der Waals surface area (Å²) >= 11 is 0. The van der Waals surface area contributed by atoms with Gasteiger partial charge in [0.2, 0.25) is 0 Å². The highest BCUT2D eigenvalue weighted by Gasteiger charge is 2.41. The molecule has 2 aliphatic heterocycles. The maximum absolute atomic E-state index is 14.6. The number of carbonyl (C=O) groups excluding carboxylic acids is 2. The van der Waals surface area contributed by atoms with Gasteiger partial charge in [-0.2, -0.15) is 0 Å². The lowest BCUT2D eigenvalue weighted by Gasteiger charge is -2.47. The van der Waals surface area contributed by atoms with Crippen molar-refractivity contribution < 1.29 is 32.2 Å². The standard InChI is InChI=1S/C29H28F3N3O4/c1-16-13-18(14-17(2)27(16)38-3)28(36)35-11-12-39-24-9-10-34(15-23(24)35)29(37)22-8-7-21(32)26(33-22)25-19(30)5-4-6-20(25)31/h4-8,13-14,23-24H,9-12,15H2,1-3H3/t23-,24-/m0/s1. The van der Waals surface area contributed by atoms with E-state index in [9.17, 15) is 22.8 Å². The number of ether oxygens (including phenoxy) is 2. The van der Waals surface area contributed by atoms with Gasteiger partial charge >= 0.3 is 0 Å². The summed E-state index contributed by atoms with van der Waals surface area (Å²) in [6, 6.07) is 8.50. The molecule has 2 fully saturated rings. The SMILES string of the molecule is COc1c(C)cc(C(=O)N2CCO[C@H]3CCN(C(=O)c4ccc(F)c(-c5c(F)cccc5F)n4)C[C@@H]32)cc1C. The van der Waals surface area contributed by atoms with E-state index in [1.807, 2.05) is 13.8 Å². The number of hydrogen-bond donors (Lipinski definition) is 0. The van der Waals surface area contributed by atoms with Crippen LogP contribution in [0, 0.1) is 31.3 Å². The first-order valence-electron chi connectivity index (χ1n) is 12.7. The second-order valence-corrected chi connectivity index (χ2v) is 9.78. The third kappa shape index (κ3) is 4.96. The molecule has 2 aliphatic rings. The lowest BCUT2D eigenvalue weighted by atomic mass is 9.96. The smallest absolute Gasteiger partial charge is 0.272 e. The van der Waals surface area contributed by atoms with E-state index in [0.717, 1.165) is 35.1 Å². The summed E-state index contributed by atoms with van der Waals surface area (Å²) < 4.78 is 54.6. The first-order valence-corrected chi connectivity index (χ1v) is 12.7. The number of aryl methyl sites for hydroxylation is 2. The topological polar surface area (TPSA) is 72.0 Å². The van der Waals surface area contributed by atoms with Crippen molar-refractivity contribution in [3.05, 3.63) is 82.3 Å². The molecule has 0 radical (unpaired) electrons. The highest BCUT2D eigenvalue weighted by Crippen LogP contribution is 2.30. The average molecular weight is 540 g/mol. The second kappa shape index (κ2) is 10.7. The fourth-order valence-corrected chi connectivity index (χ4v) is 5.49. The molecule has 2 atom stereocenters. The maximum atomic E-state index is 14.6. The van der Waals surface area contributed by atoms with E-state index in [4.69, 9.17) is 9.47 Å². The van der Waals surface area contributed by atoms with Crippen LogP contribution in [0.5, 0.6) is 5.75 Å². The largest absolute Gasteiger partial charge is 0.496 e. The van der Waals surface area contributed by atoms with Gasteiger partial charge in [0.05, 0.1) is 31.4 Å². The number of carbonyl (C=O) groups is 2. The van der Waals surface area contributed by atoms with Crippen molar-refractivity contribution in [1.29, 1.82) is 0 Å². The Morgan fingerprint density at radius 3 is 2.33 bits per heavy atom. The van der Waals surface area contributed by atoms with Crippen molar-refractivity contribution in [3.63, 3.8) is 0 Å². The fraction of sp³-hybridized carbons (Fsp3) is 0.345. The predicted octanol–water partition coefficient (Wildman–Crippen LogP) is 4.55. The van der Waals surface area contributed by atoms with E-state index < -0.39 is 40.7 Å². The number of rotatable bonds is 4. The number of piperidine rings is 1.